The standard InChI is InChI=1S/C12H24BrNO2/c1-12(2,3)14(11(15)16)10-8-6-4-5-7-9-13/h4-10H2,1-3H3,(H,15,16). The minimum atomic E-state index is -0.812. The Labute approximate surface area is 107 Å². The van der Waals surface area contributed by atoms with Gasteiger partial charge in [0.25, 0.3) is 0 Å². The average molecular weight is 294 g/mol. The molecule has 0 heterocycles. The van der Waals surface area contributed by atoms with Crippen LogP contribution in [0.2, 0.25) is 0 Å². The molecule has 0 aliphatic heterocycles. The Kier molecular flexibility index (Phi) is 7.81. The summed E-state index contributed by atoms with van der Waals surface area (Å²) in [5, 5.41) is 10.1. The molecule has 0 saturated heterocycles. The maximum absolute atomic E-state index is 11.0. The van der Waals surface area contributed by atoms with Gasteiger partial charge in [0.1, 0.15) is 0 Å². The fourth-order valence-electron chi connectivity index (χ4n) is 1.61. The molecule has 0 fully saturated rings. The average Bonchev–Trinajstić information content (AvgIpc) is 2.13. The minimum absolute atomic E-state index is 0.290. The normalized spacial score (nSPS) is 11.5. The van der Waals surface area contributed by atoms with Gasteiger partial charge in [0.2, 0.25) is 0 Å². The Morgan fingerprint density at radius 3 is 2.06 bits per heavy atom. The number of rotatable bonds is 7. The van der Waals surface area contributed by atoms with Crippen molar-refractivity contribution in [3.8, 4) is 0 Å². The van der Waals surface area contributed by atoms with E-state index in [0.717, 1.165) is 18.2 Å². The number of hydrogen-bond acceptors (Lipinski definition) is 1. The van der Waals surface area contributed by atoms with E-state index in [-0.39, 0.29) is 5.54 Å². The summed E-state index contributed by atoms with van der Waals surface area (Å²) >= 11 is 3.40. The molecule has 0 saturated carbocycles. The van der Waals surface area contributed by atoms with Gasteiger partial charge >= 0.3 is 6.09 Å². The molecule has 96 valence electrons. The molecule has 0 aromatic rings. The van der Waals surface area contributed by atoms with Crippen molar-refractivity contribution in [3.05, 3.63) is 0 Å². The van der Waals surface area contributed by atoms with Crippen molar-refractivity contribution in [3.63, 3.8) is 0 Å². The first kappa shape index (κ1) is 15.8. The van der Waals surface area contributed by atoms with Crippen molar-refractivity contribution in [2.24, 2.45) is 0 Å². The summed E-state index contributed by atoms with van der Waals surface area (Å²) in [5.41, 5.74) is -0.290. The fourth-order valence-corrected chi connectivity index (χ4v) is 2.01. The van der Waals surface area contributed by atoms with E-state index in [1.54, 1.807) is 0 Å². The van der Waals surface area contributed by atoms with Gasteiger partial charge in [-0.05, 0) is 33.6 Å². The molecule has 0 bridgehead atoms. The zero-order valence-corrected chi connectivity index (χ0v) is 12.2. The zero-order valence-electron chi connectivity index (χ0n) is 10.6. The van der Waals surface area contributed by atoms with Crippen molar-refractivity contribution in [1.82, 2.24) is 4.90 Å². The summed E-state index contributed by atoms with van der Waals surface area (Å²) in [7, 11) is 0. The lowest BCUT2D eigenvalue weighted by Gasteiger charge is -2.33. The molecule has 4 heteroatoms. The summed E-state index contributed by atoms with van der Waals surface area (Å²) in [4.78, 5) is 12.6. The maximum atomic E-state index is 11.0. The number of carbonyl (C=O) groups is 1. The van der Waals surface area contributed by atoms with Gasteiger partial charge in [-0.15, -0.1) is 0 Å². The van der Waals surface area contributed by atoms with Crippen LogP contribution in [-0.2, 0) is 0 Å². The predicted octanol–water partition coefficient (Wildman–Crippen LogP) is 4.11. The topological polar surface area (TPSA) is 40.5 Å². The highest BCUT2D eigenvalue weighted by Crippen LogP contribution is 2.15. The molecule has 1 amide bonds. The van der Waals surface area contributed by atoms with Crippen LogP contribution in [0.5, 0.6) is 0 Å². The second-order valence-corrected chi connectivity index (χ2v) is 5.85. The van der Waals surface area contributed by atoms with Gasteiger partial charge in [0, 0.05) is 17.4 Å². The van der Waals surface area contributed by atoms with Crippen LogP contribution in [0.4, 0.5) is 4.79 Å². The van der Waals surface area contributed by atoms with Crippen LogP contribution >= 0.6 is 15.9 Å². The zero-order chi connectivity index (χ0) is 12.6. The number of nitrogens with zero attached hydrogens (tertiary/aromatic N) is 1. The summed E-state index contributed by atoms with van der Waals surface area (Å²) in [6, 6.07) is 0. The first-order valence-electron chi connectivity index (χ1n) is 5.96. The van der Waals surface area contributed by atoms with Crippen LogP contribution in [0.3, 0.4) is 0 Å². The highest BCUT2D eigenvalue weighted by Gasteiger charge is 2.24. The first-order valence-corrected chi connectivity index (χ1v) is 7.08. The number of halogens is 1. The van der Waals surface area contributed by atoms with Gasteiger partial charge < -0.3 is 10.0 Å². The SMILES string of the molecule is CC(C)(C)N(CCCCCCCBr)C(=O)O. The summed E-state index contributed by atoms with van der Waals surface area (Å²) in [5.74, 6) is 0. The molecule has 1 N–H and O–H groups in total. The van der Waals surface area contributed by atoms with Crippen LogP contribution in [0, 0.1) is 0 Å². The fraction of sp³-hybridized carbons (Fsp3) is 0.917. The first-order chi connectivity index (χ1) is 7.39. The smallest absolute Gasteiger partial charge is 0.407 e. The molecule has 0 aromatic heterocycles. The van der Waals surface area contributed by atoms with Gasteiger partial charge in [-0.25, -0.2) is 4.79 Å². The molecule has 0 radical (unpaired) electrons. The van der Waals surface area contributed by atoms with Gasteiger partial charge in [-0.3, -0.25) is 0 Å². The van der Waals surface area contributed by atoms with Crippen LogP contribution in [0.15, 0.2) is 0 Å². The van der Waals surface area contributed by atoms with Crippen LogP contribution in [-0.4, -0.2) is 33.5 Å². The highest BCUT2D eigenvalue weighted by molar-refractivity contribution is 9.09. The predicted molar refractivity (Wildman–Crippen MR) is 71.4 cm³/mol. The molecule has 0 aliphatic carbocycles. The minimum Gasteiger partial charge on any atom is -0.465 e. The van der Waals surface area contributed by atoms with E-state index in [2.05, 4.69) is 15.9 Å². The molecule has 0 spiro atoms. The lowest BCUT2D eigenvalue weighted by molar-refractivity contribution is 0.0990. The number of unbranched alkanes of at least 4 members (excludes halogenated alkanes) is 4. The Morgan fingerprint density at radius 1 is 1.12 bits per heavy atom. The van der Waals surface area contributed by atoms with Crippen molar-refractivity contribution in [2.45, 2.75) is 58.4 Å². The van der Waals surface area contributed by atoms with E-state index in [0.29, 0.717) is 6.54 Å². The Bertz CT molecular complexity index is 202. The van der Waals surface area contributed by atoms with Crippen LogP contribution < -0.4 is 0 Å². The number of hydrogen-bond donors (Lipinski definition) is 1. The van der Waals surface area contributed by atoms with Crippen molar-refractivity contribution >= 4 is 22.0 Å². The van der Waals surface area contributed by atoms with E-state index < -0.39 is 6.09 Å². The number of alkyl halides is 1. The Hall–Kier alpha value is -0.250. The second-order valence-electron chi connectivity index (χ2n) is 5.06. The van der Waals surface area contributed by atoms with E-state index in [1.807, 2.05) is 20.8 Å². The summed E-state index contributed by atoms with van der Waals surface area (Å²) in [6.45, 7) is 6.46. The quantitative estimate of drug-likeness (QED) is 0.567. The lowest BCUT2D eigenvalue weighted by atomic mass is 10.1. The Balaban J connectivity index is 3.75. The van der Waals surface area contributed by atoms with Crippen molar-refractivity contribution in [1.29, 1.82) is 0 Å². The molecule has 0 aliphatic rings. The lowest BCUT2D eigenvalue weighted by Crippen LogP contribution is -2.45. The van der Waals surface area contributed by atoms with Gasteiger partial charge in [0.05, 0.1) is 0 Å². The molecule has 0 atom stereocenters. The van der Waals surface area contributed by atoms with Crippen molar-refractivity contribution < 1.29 is 9.90 Å². The molecule has 0 rings (SSSR count). The third kappa shape index (κ3) is 7.09. The summed E-state index contributed by atoms with van der Waals surface area (Å²) < 4.78 is 0. The third-order valence-electron chi connectivity index (χ3n) is 2.56. The molecular formula is C12H24BrNO2. The van der Waals surface area contributed by atoms with Gasteiger partial charge in [-0.2, -0.15) is 0 Å². The number of amides is 1. The third-order valence-corrected chi connectivity index (χ3v) is 3.12. The Morgan fingerprint density at radius 2 is 1.62 bits per heavy atom. The van der Waals surface area contributed by atoms with E-state index in [9.17, 15) is 4.79 Å². The van der Waals surface area contributed by atoms with Crippen LogP contribution in [0.1, 0.15) is 52.9 Å². The summed E-state index contributed by atoms with van der Waals surface area (Å²) in [6.07, 6.45) is 4.91. The molecule has 0 aromatic carbocycles. The van der Waals surface area contributed by atoms with Gasteiger partial charge in [-0.1, -0.05) is 35.2 Å². The van der Waals surface area contributed by atoms with E-state index in [4.69, 9.17) is 5.11 Å². The number of carboxylic acid groups (broad SMARTS) is 1. The van der Waals surface area contributed by atoms with Crippen LogP contribution in [0.25, 0.3) is 0 Å². The molecule has 0 unspecified atom stereocenters. The monoisotopic (exact) mass is 293 g/mol. The molecule has 16 heavy (non-hydrogen) atoms. The van der Waals surface area contributed by atoms with E-state index in [1.165, 1.54) is 24.2 Å². The van der Waals surface area contributed by atoms with Gasteiger partial charge in [0.15, 0.2) is 0 Å². The molecular weight excluding hydrogens is 270 g/mol. The highest BCUT2D eigenvalue weighted by atomic mass is 79.9. The largest absolute Gasteiger partial charge is 0.465 e. The maximum Gasteiger partial charge on any atom is 0.407 e. The second kappa shape index (κ2) is 7.93. The molecule has 3 nitrogen and oxygen atoms in total. The van der Waals surface area contributed by atoms with Crippen molar-refractivity contribution in [2.75, 3.05) is 11.9 Å². The van der Waals surface area contributed by atoms with E-state index >= 15 is 0 Å².